The number of rotatable bonds is 7. The number of aromatic nitrogens is 1. The molecule has 1 N–H and O–H groups in total. The van der Waals surface area contributed by atoms with Crippen molar-refractivity contribution in [1.82, 2.24) is 10.3 Å². The normalized spacial score (nSPS) is 12.6. The lowest BCUT2D eigenvalue weighted by Crippen LogP contribution is -2.24. The van der Waals surface area contributed by atoms with Crippen LogP contribution in [0.5, 0.6) is 5.75 Å². The van der Waals surface area contributed by atoms with E-state index in [2.05, 4.69) is 29.4 Å². The molecule has 0 spiro atoms. The van der Waals surface area contributed by atoms with Gasteiger partial charge in [-0.1, -0.05) is 25.1 Å². The largest absolute Gasteiger partial charge is 0.491 e. The van der Waals surface area contributed by atoms with Gasteiger partial charge in [-0.25, -0.2) is 4.98 Å². The Bertz CT molecular complexity index is 550. The summed E-state index contributed by atoms with van der Waals surface area (Å²) in [6.45, 7) is 4.96. The summed E-state index contributed by atoms with van der Waals surface area (Å²) >= 11 is 0. The first kappa shape index (κ1) is 14.8. The van der Waals surface area contributed by atoms with Crippen LogP contribution in [0.4, 0.5) is 0 Å². The second-order valence-electron chi connectivity index (χ2n) is 5.17. The Morgan fingerprint density at radius 2 is 2.10 bits per heavy atom. The highest BCUT2D eigenvalue weighted by Crippen LogP contribution is 2.24. The minimum atomic E-state index is 0.589. The molecule has 3 nitrogen and oxygen atoms in total. The first-order valence-corrected chi connectivity index (χ1v) is 7.41. The second-order valence-corrected chi connectivity index (χ2v) is 5.17. The van der Waals surface area contributed by atoms with Crippen molar-refractivity contribution in [2.45, 2.75) is 39.2 Å². The number of benzene rings is 1. The van der Waals surface area contributed by atoms with Crippen molar-refractivity contribution in [1.29, 1.82) is 0 Å². The van der Waals surface area contributed by atoms with Crippen LogP contribution in [0.2, 0.25) is 0 Å². The van der Waals surface area contributed by atoms with Crippen LogP contribution in [0.15, 0.2) is 30.3 Å². The van der Waals surface area contributed by atoms with Gasteiger partial charge in [-0.2, -0.15) is 0 Å². The molecule has 108 valence electrons. The average molecular weight is 272 g/mol. The van der Waals surface area contributed by atoms with E-state index in [-0.39, 0.29) is 0 Å². The summed E-state index contributed by atoms with van der Waals surface area (Å²) < 4.78 is 5.92. The maximum absolute atomic E-state index is 5.92. The van der Waals surface area contributed by atoms with Crippen LogP contribution >= 0.6 is 0 Å². The molecule has 3 heteroatoms. The lowest BCUT2D eigenvalue weighted by Gasteiger charge is -2.14. The molecule has 0 aliphatic carbocycles. The van der Waals surface area contributed by atoms with Crippen LogP contribution in [0.25, 0.3) is 10.9 Å². The number of ether oxygens (including phenoxy) is 1. The molecular weight excluding hydrogens is 248 g/mol. The molecule has 0 aliphatic rings. The third kappa shape index (κ3) is 3.70. The monoisotopic (exact) mass is 272 g/mol. The van der Waals surface area contributed by atoms with E-state index in [0.29, 0.717) is 6.04 Å². The lowest BCUT2D eigenvalue weighted by molar-refractivity contribution is 0.299. The number of nitrogens with zero attached hydrogens (tertiary/aromatic N) is 1. The molecule has 0 bridgehead atoms. The number of aryl methyl sites for hydroxylation is 1. The van der Waals surface area contributed by atoms with E-state index in [9.17, 15) is 0 Å². The van der Waals surface area contributed by atoms with Gasteiger partial charge in [0, 0.05) is 17.1 Å². The first-order valence-electron chi connectivity index (χ1n) is 7.41. The fraction of sp³-hybridized carbons (Fsp3) is 0.471. The van der Waals surface area contributed by atoms with Crippen molar-refractivity contribution in [3.8, 4) is 5.75 Å². The first-order chi connectivity index (χ1) is 9.74. The molecule has 0 radical (unpaired) electrons. The van der Waals surface area contributed by atoms with Gasteiger partial charge < -0.3 is 10.1 Å². The van der Waals surface area contributed by atoms with Crippen molar-refractivity contribution in [3.63, 3.8) is 0 Å². The van der Waals surface area contributed by atoms with Gasteiger partial charge in [0.25, 0.3) is 0 Å². The summed E-state index contributed by atoms with van der Waals surface area (Å²) in [4.78, 5) is 4.58. The Morgan fingerprint density at radius 3 is 2.85 bits per heavy atom. The van der Waals surface area contributed by atoms with Gasteiger partial charge in [-0.05, 0) is 45.4 Å². The molecule has 20 heavy (non-hydrogen) atoms. The third-order valence-electron chi connectivity index (χ3n) is 3.68. The molecule has 0 fully saturated rings. The third-order valence-corrected chi connectivity index (χ3v) is 3.68. The number of hydrogen-bond donors (Lipinski definition) is 1. The summed E-state index contributed by atoms with van der Waals surface area (Å²) in [5, 5.41) is 4.45. The van der Waals surface area contributed by atoms with Gasteiger partial charge in [-0.3, -0.25) is 0 Å². The Kier molecular flexibility index (Phi) is 5.36. The summed E-state index contributed by atoms with van der Waals surface area (Å²) in [5.41, 5.74) is 1.99. The van der Waals surface area contributed by atoms with Gasteiger partial charge in [0.05, 0.1) is 6.61 Å². The van der Waals surface area contributed by atoms with Crippen LogP contribution in [0.3, 0.4) is 0 Å². The smallest absolute Gasteiger partial charge is 0.145 e. The molecule has 1 heterocycles. The average Bonchev–Trinajstić information content (AvgIpc) is 2.47. The maximum atomic E-state index is 5.92. The highest BCUT2D eigenvalue weighted by atomic mass is 16.5. The number of fused-ring (bicyclic) bond motifs is 1. The highest BCUT2D eigenvalue weighted by Gasteiger charge is 2.05. The molecular formula is C17H24N2O. The predicted octanol–water partition coefficient (Wildman–Crippen LogP) is 3.70. The molecule has 0 saturated carbocycles. The molecule has 2 aromatic rings. The molecule has 2 rings (SSSR count). The fourth-order valence-electron chi connectivity index (χ4n) is 2.40. The van der Waals surface area contributed by atoms with Gasteiger partial charge in [0.2, 0.25) is 0 Å². The van der Waals surface area contributed by atoms with Crippen LogP contribution in [0.1, 0.15) is 31.9 Å². The van der Waals surface area contributed by atoms with E-state index in [0.717, 1.165) is 48.2 Å². The maximum Gasteiger partial charge on any atom is 0.145 e. The van der Waals surface area contributed by atoms with Crippen molar-refractivity contribution in [2.24, 2.45) is 0 Å². The number of nitrogens with one attached hydrogen (secondary N) is 1. The minimum Gasteiger partial charge on any atom is -0.491 e. The Hall–Kier alpha value is -1.61. The molecule has 1 aromatic heterocycles. The van der Waals surface area contributed by atoms with E-state index >= 15 is 0 Å². The lowest BCUT2D eigenvalue weighted by atomic mass is 10.1. The molecule has 0 amide bonds. The molecule has 1 aromatic carbocycles. The summed E-state index contributed by atoms with van der Waals surface area (Å²) in [7, 11) is 2.02. The van der Waals surface area contributed by atoms with E-state index in [1.54, 1.807) is 0 Å². The van der Waals surface area contributed by atoms with E-state index < -0.39 is 0 Å². The molecule has 0 saturated heterocycles. The second kappa shape index (κ2) is 7.25. The zero-order valence-corrected chi connectivity index (χ0v) is 12.6. The molecule has 1 unspecified atom stereocenters. The Labute approximate surface area is 121 Å². The zero-order valence-electron chi connectivity index (χ0n) is 12.6. The van der Waals surface area contributed by atoms with Gasteiger partial charge >= 0.3 is 0 Å². The standard InChI is InChI=1S/C17H24N2O/c1-4-15(18-3)8-6-12-20-16-9-5-7-14-11-10-13(2)19-17(14)16/h5,7,9-11,15,18H,4,6,8,12H2,1-3H3. The summed E-state index contributed by atoms with van der Waals surface area (Å²) in [6, 6.07) is 10.8. The molecule has 0 aliphatic heterocycles. The highest BCUT2D eigenvalue weighted by molar-refractivity contribution is 5.84. The van der Waals surface area contributed by atoms with Crippen LogP contribution < -0.4 is 10.1 Å². The van der Waals surface area contributed by atoms with Crippen molar-refractivity contribution >= 4 is 10.9 Å². The van der Waals surface area contributed by atoms with Crippen molar-refractivity contribution < 1.29 is 4.74 Å². The zero-order chi connectivity index (χ0) is 14.4. The van der Waals surface area contributed by atoms with Gasteiger partial charge in [0.15, 0.2) is 0 Å². The van der Waals surface area contributed by atoms with Crippen LogP contribution in [0, 0.1) is 6.92 Å². The minimum absolute atomic E-state index is 0.589. The van der Waals surface area contributed by atoms with E-state index in [1.807, 2.05) is 32.2 Å². The van der Waals surface area contributed by atoms with Gasteiger partial charge in [-0.15, -0.1) is 0 Å². The molecule has 1 atom stereocenters. The summed E-state index contributed by atoms with van der Waals surface area (Å²) in [5.74, 6) is 0.892. The van der Waals surface area contributed by atoms with Crippen molar-refractivity contribution in [3.05, 3.63) is 36.0 Å². The number of hydrogen-bond acceptors (Lipinski definition) is 3. The Morgan fingerprint density at radius 1 is 1.25 bits per heavy atom. The van der Waals surface area contributed by atoms with Crippen LogP contribution in [-0.4, -0.2) is 24.7 Å². The number of para-hydroxylation sites is 1. The van der Waals surface area contributed by atoms with E-state index in [4.69, 9.17) is 4.74 Å². The summed E-state index contributed by atoms with van der Waals surface area (Å²) in [6.07, 6.45) is 3.36. The van der Waals surface area contributed by atoms with Gasteiger partial charge in [0.1, 0.15) is 11.3 Å². The quantitative estimate of drug-likeness (QED) is 0.780. The predicted molar refractivity (Wildman–Crippen MR) is 84.3 cm³/mol. The van der Waals surface area contributed by atoms with Crippen molar-refractivity contribution in [2.75, 3.05) is 13.7 Å². The topological polar surface area (TPSA) is 34.1 Å². The Balaban J connectivity index is 1.98. The van der Waals surface area contributed by atoms with E-state index in [1.165, 1.54) is 0 Å². The fourth-order valence-corrected chi connectivity index (χ4v) is 2.40. The SMILES string of the molecule is CCC(CCCOc1cccc2ccc(C)nc12)NC. The van der Waals surface area contributed by atoms with Crippen LogP contribution in [-0.2, 0) is 0 Å². The number of pyridine rings is 1.